The molecule has 4 nitrogen and oxygen atoms in total. The van der Waals surface area contributed by atoms with E-state index >= 15 is 0 Å². The lowest BCUT2D eigenvalue weighted by Gasteiger charge is -2.30. The van der Waals surface area contributed by atoms with E-state index in [1.807, 2.05) is 48.5 Å². The number of benzene rings is 2. The summed E-state index contributed by atoms with van der Waals surface area (Å²) in [5.41, 5.74) is 7.96. The Morgan fingerprint density at radius 1 is 1.12 bits per heavy atom. The van der Waals surface area contributed by atoms with Crippen molar-refractivity contribution < 1.29 is 9.53 Å². The van der Waals surface area contributed by atoms with Gasteiger partial charge in [-0.25, -0.2) is 0 Å². The number of amides is 1. The Balaban J connectivity index is 1.60. The number of carbonyl (C=O) groups excluding carboxylic acids is 1. The molecule has 1 heterocycles. The lowest BCUT2D eigenvalue weighted by Crippen LogP contribution is -2.44. The van der Waals surface area contributed by atoms with Crippen LogP contribution in [0.4, 0.5) is 0 Å². The van der Waals surface area contributed by atoms with Gasteiger partial charge in [0.2, 0.25) is 0 Å². The highest BCUT2D eigenvalue weighted by molar-refractivity contribution is 6.32. The Bertz CT molecular complexity index is 698. The molecule has 3 rings (SSSR count). The van der Waals surface area contributed by atoms with Crippen molar-refractivity contribution in [3.05, 3.63) is 53.6 Å². The molecule has 24 heavy (non-hydrogen) atoms. The summed E-state index contributed by atoms with van der Waals surface area (Å²) in [7, 11) is 0. The van der Waals surface area contributed by atoms with Gasteiger partial charge in [0.05, 0.1) is 5.02 Å². The SMILES string of the molecule is NC1CCN(C(=O)COc2ccc(-c3ccccc3)cc2Cl)CC1. The molecular formula is C19H21ClN2O2. The fourth-order valence-electron chi connectivity index (χ4n) is 2.81. The van der Waals surface area contributed by atoms with E-state index in [2.05, 4.69) is 0 Å². The standard InChI is InChI=1S/C19H21ClN2O2/c20-17-12-15(14-4-2-1-3-5-14)6-7-18(17)24-13-19(23)22-10-8-16(21)9-11-22/h1-7,12,16H,8-11,13,21H2. The van der Waals surface area contributed by atoms with Crippen molar-refractivity contribution in [2.24, 2.45) is 5.73 Å². The Kier molecular flexibility index (Phi) is 5.38. The second-order valence-corrected chi connectivity index (χ2v) is 6.43. The lowest BCUT2D eigenvalue weighted by molar-refractivity contribution is -0.134. The number of piperidine rings is 1. The third-order valence-corrected chi connectivity index (χ3v) is 4.58. The summed E-state index contributed by atoms with van der Waals surface area (Å²) in [6.07, 6.45) is 1.69. The van der Waals surface area contributed by atoms with Crippen molar-refractivity contribution in [3.8, 4) is 16.9 Å². The number of likely N-dealkylation sites (tertiary alicyclic amines) is 1. The minimum Gasteiger partial charge on any atom is -0.482 e. The van der Waals surface area contributed by atoms with Crippen molar-refractivity contribution in [2.45, 2.75) is 18.9 Å². The molecule has 1 aliphatic heterocycles. The van der Waals surface area contributed by atoms with Gasteiger partial charge < -0.3 is 15.4 Å². The van der Waals surface area contributed by atoms with E-state index in [-0.39, 0.29) is 18.6 Å². The molecule has 0 saturated carbocycles. The summed E-state index contributed by atoms with van der Waals surface area (Å²) < 4.78 is 5.62. The summed E-state index contributed by atoms with van der Waals surface area (Å²) in [6, 6.07) is 15.8. The van der Waals surface area contributed by atoms with E-state index in [1.54, 1.807) is 4.90 Å². The van der Waals surface area contributed by atoms with Crippen LogP contribution >= 0.6 is 11.6 Å². The third-order valence-electron chi connectivity index (χ3n) is 4.28. The van der Waals surface area contributed by atoms with Gasteiger partial charge in [0.1, 0.15) is 5.75 Å². The topological polar surface area (TPSA) is 55.6 Å². The summed E-state index contributed by atoms with van der Waals surface area (Å²) in [5, 5.41) is 0.504. The fraction of sp³-hybridized carbons (Fsp3) is 0.316. The molecule has 0 unspecified atom stereocenters. The Labute approximate surface area is 147 Å². The summed E-state index contributed by atoms with van der Waals surface area (Å²) in [6.45, 7) is 1.40. The predicted octanol–water partition coefficient (Wildman–Crippen LogP) is 3.34. The monoisotopic (exact) mass is 344 g/mol. The second kappa shape index (κ2) is 7.69. The zero-order valence-electron chi connectivity index (χ0n) is 13.5. The van der Waals surface area contributed by atoms with Gasteiger partial charge in [-0.05, 0) is 36.1 Å². The number of hydrogen-bond acceptors (Lipinski definition) is 3. The number of nitrogens with two attached hydrogens (primary N) is 1. The van der Waals surface area contributed by atoms with Gasteiger partial charge in [-0.2, -0.15) is 0 Å². The van der Waals surface area contributed by atoms with Crippen LogP contribution in [0.25, 0.3) is 11.1 Å². The molecule has 2 N–H and O–H groups in total. The van der Waals surface area contributed by atoms with E-state index in [1.165, 1.54) is 0 Å². The molecule has 5 heteroatoms. The first-order valence-corrected chi connectivity index (χ1v) is 8.52. The van der Waals surface area contributed by atoms with Crippen LogP contribution in [0.2, 0.25) is 5.02 Å². The maximum absolute atomic E-state index is 12.2. The first-order chi connectivity index (χ1) is 11.6. The number of nitrogens with zero attached hydrogens (tertiary/aromatic N) is 1. The maximum atomic E-state index is 12.2. The number of carbonyl (C=O) groups is 1. The van der Waals surface area contributed by atoms with E-state index in [0.717, 1.165) is 24.0 Å². The van der Waals surface area contributed by atoms with Gasteiger partial charge in [-0.15, -0.1) is 0 Å². The van der Waals surface area contributed by atoms with Crippen molar-refractivity contribution >= 4 is 17.5 Å². The van der Waals surface area contributed by atoms with Gasteiger partial charge in [-0.3, -0.25) is 4.79 Å². The summed E-state index contributed by atoms with van der Waals surface area (Å²) >= 11 is 6.30. The zero-order chi connectivity index (χ0) is 16.9. The van der Waals surface area contributed by atoms with E-state index in [4.69, 9.17) is 22.1 Å². The molecule has 0 atom stereocenters. The number of ether oxygens (including phenoxy) is 1. The second-order valence-electron chi connectivity index (χ2n) is 6.02. The quantitative estimate of drug-likeness (QED) is 0.925. The predicted molar refractivity (Wildman–Crippen MR) is 96.2 cm³/mol. The average Bonchev–Trinajstić information content (AvgIpc) is 2.62. The smallest absolute Gasteiger partial charge is 0.260 e. The van der Waals surface area contributed by atoms with Gasteiger partial charge in [0, 0.05) is 19.1 Å². The Morgan fingerprint density at radius 2 is 1.83 bits per heavy atom. The van der Waals surface area contributed by atoms with Crippen LogP contribution in [0.15, 0.2) is 48.5 Å². The van der Waals surface area contributed by atoms with Crippen molar-refractivity contribution in [3.63, 3.8) is 0 Å². The van der Waals surface area contributed by atoms with Crippen molar-refractivity contribution in [2.75, 3.05) is 19.7 Å². The van der Waals surface area contributed by atoms with Crippen LogP contribution in [0, 0.1) is 0 Å². The van der Waals surface area contributed by atoms with Gasteiger partial charge in [0.15, 0.2) is 6.61 Å². The first kappa shape index (κ1) is 16.8. The van der Waals surface area contributed by atoms with E-state index in [0.29, 0.717) is 23.9 Å². The Morgan fingerprint density at radius 3 is 2.50 bits per heavy atom. The van der Waals surface area contributed by atoms with Crippen LogP contribution < -0.4 is 10.5 Å². The lowest BCUT2D eigenvalue weighted by atomic mass is 10.1. The van der Waals surface area contributed by atoms with Crippen LogP contribution in [-0.4, -0.2) is 36.5 Å². The normalized spacial score (nSPS) is 15.3. The molecular weight excluding hydrogens is 324 g/mol. The highest BCUT2D eigenvalue weighted by atomic mass is 35.5. The number of rotatable bonds is 4. The van der Waals surface area contributed by atoms with Gasteiger partial charge in [-0.1, -0.05) is 48.0 Å². The molecule has 0 radical (unpaired) electrons. The van der Waals surface area contributed by atoms with Crippen LogP contribution in [0.5, 0.6) is 5.75 Å². The minimum atomic E-state index is -0.0231. The summed E-state index contributed by atoms with van der Waals surface area (Å²) in [5.74, 6) is 0.503. The molecule has 126 valence electrons. The molecule has 0 bridgehead atoms. The molecule has 1 amide bonds. The molecule has 0 aliphatic carbocycles. The zero-order valence-corrected chi connectivity index (χ0v) is 14.2. The molecule has 0 spiro atoms. The van der Waals surface area contributed by atoms with Crippen LogP contribution in [0.3, 0.4) is 0 Å². The molecule has 0 aromatic heterocycles. The van der Waals surface area contributed by atoms with Crippen molar-refractivity contribution in [1.82, 2.24) is 4.90 Å². The van der Waals surface area contributed by atoms with E-state index in [9.17, 15) is 4.79 Å². The Hall–Kier alpha value is -2.04. The fourth-order valence-corrected chi connectivity index (χ4v) is 3.04. The number of hydrogen-bond donors (Lipinski definition) is 1. The van der Waals surface area contributed by atoms with Gasteiger partial charge in [0.25, 0.3) is 5.91 Å². The molecule has 2 aromatic carbocycles. The number of halogens is 1. The highest BCUT2D eigenvalue weighted by Crippen LogP contribution is 2.30. The summed E-state index contributed by atoms with van der Waals surface area (Å²) in [4.78, 5) is 14.0. The van der Waals surface area contributed by atoms with Crippen LogP contribution in [0.1, 0.15) is 12.8 Å². The molecule has 1 fully saturated rings. The van der Waals surface area contributed by atoms with Crippen LogP contribution in [-0.2, 0) is 4.79 Å². The maximum Gasteiger partial charge on any atom is 0.260 e. The van der Waals surface area contributed by atoms with Gasteiger partial charge >= 0.3 is 0 Å². The minimum absolute atomic E-state index is 0.000355. The first-order valence-electron chi connectivity index (χ1n) is 8.14. The van der Waals surface area contributed by atoms with E-state index < -0.39 is 0 Å². The molecule has 1 aliphatic rings. The molecule has 1 saturated heterocycles. The largest absolute Gasteiger partial charge is 0.482 e. The third kappa shape index (κ3) is 4.08. The van der Waals surface area contributed by atoms with Crippen molar-refractivity contribution in [1.29, 1.82) is 0 Å². The molecule has 2 aromatic rings. The highest BCUT2D eigenvalue weighted by Gasteiger charge is 2.21. The average molecular weight is 345 g/mol.